The van der Waals surface area contributed by atoms with Gasteiger partial charge in [0.05, 0.1) is 0 Å². The van der Waals surface area contributed by atoms with E-state index >= 15 is 0 Å². The van der Waals surface area contributed by atoms with Crippen molar-refractivity contribution in [1.82, 2.24) is 4.90 Å². The molecule has 0 spiro atoms. The SMILES string of the molecule is CC1(C(=O)O)CCCN1C(=O)c1cccc(Oc2ccccc2)c1. The summed E-state index contributed by atoms with van der Waals surface area (Å²) in [7, 11) is 0. The lowest BCUT2D eigenvalue weighted by molar-refractivity contribution is -0.147. The highest BCUT2D eigenvalue weighted by Crippen LogP contribution is 2.31. The first-order chi connectivity index (χ1) is 11.5. The molecule has 3 rings (SSSR count). The Balaban J connectivity index is 1.83. The van der Waals surface area contributed by atoms with Gasteiger partial charge >= 0.3 is 5.97 Å². The van der Waals surface area contributed by atoms with Crippen molar-refractivity contribution in [2.45, 2.75) is 25.3 Å². The van der Waals surface area contributed by atoms with E-state index < -0.39 is 11.5 Å². The van der Waals surface area contributed by atoms with Gasteiger partial charge in [0.25, 0.3) is 5.91 Å². The number of carbonyl (C=O) groups is 2. The lowest BCUT2D eigenvalue weighted by Gasteiger charge is -2.31. The summed E-state index contributed by atoms with van der Waals surface area (Å²) < 4.78 is 5.74. The van der Waals surface area contributed by atoms with Gasteiger partial charge in [-0.1, -0.05) is 24.3 Å². The standard InChI is InChI=1S/C19H19NO4/c1-19(18(22)23)11-6-12-20(19)17(21)14-7-5-10-16(13-14)24-15-8-3-2-4-9-15/h2-5,7-10,13H,6,11-12H2,1H3,(H,22,23). The summed E-state index contributed by atoms with van der Waals surface area (Å²) in [4.78, 5) is 25.8. The Kier molecular flexibility index (Phi) is 4.25. The van der Waals surface area contributed by atoms with Gasteiger partial charge in [0.15, 0.2) is 0 Å². The van der Waals surface area contributed by atoms with E-state index in [1.807, 2.05) is 30.3 Å². The van der Waals surface area contributed by atoms with E-state index in [0.717, 1.165) is 0 Å². The van der Waals surface area contributed by atoms with Crippen molar-refractivity contribution in [2.75, 3.05) is 6.54 Å². The summed E-state index contributed by atoms with van der Waals surface area (Å²) in [5, 5.41) is 9.47. The van der Waals surface area contributed by atoms with E-state index in [9.17, 15) is 14.7 Å². The minimum Gasteiger partial charge on any atom is -0.480 e. The van der Waals surface area contributed by atoms with Crippen LogP contribution in [0.15, 0.2) is 54.6 Å². The zero-order chi connectivity index (χ0) is 17.2. The van der Waals surface area contributed by atoms with E-state index in [1.165, 1.54) is 4.90 Å². The zero-order valence-electron chi connectivity index (χ0n) is 13.4. The molecule has 0 radical (unpaired) electrons. The van der Waals surface area contributed by atoms with Crippen LogP contribution in [-0.4, -0.2) is 34.0 Å². The number of rotatable bonds is 4. The van der Waals surface area contributed by atoms with Crippen molar-refractivity contribution in [3.8, 4) is 11.5 Å². The molecule has 1 unspecified atom stereocenters. The maximum atomic E-state index is 12.8. The first-order valence-electron chi connectivity index (χ1n) is 7.89. The number of nitrogens with zero attached hydrogens (tertiary/aromatic N) is 1. The molecule has 1 atom stereocenters. The second-order valence-corrected chi connectivity index (χ2v) is 6.08. The topological polar surface area (TPSA) is 66.8 Å². The molecule has 0 bridgehead atoms. The molecule has 1 aliphatic rings. The molecule has 5 nitrogen and oxygen atoms in total. The number of carboxylic acids is 1. The summed E-state index contributed by atoms with van der Waals surface area (Å²) in [6.07, 6.45) is 1.16. The Morgan fingerprint density at radius 1 is 1.08 bits per heavy atom. The van der Waals surface area contributed by atoms with Crippen molar-refractivity contribution >= 4 is 11.9 Å². The molecule has 1 saturated heterocycles. The van der Waals surface area contributed by atoms with Gasteiger partial charge in [-0.15, -0.1) is 0 Å². The molecule has 1 amide bonds. The molecule has 24 heavy (non-hydrogen) atoms. The van der Waals surface area contributed by atoms with Crippen LogP contribution in [0.1, 0.15) is 30.1 Å². The van der Waals surface area contributed by atoms with Crippen LogP contribution in [0.3, 0.4) is 0 Å². The molecule has 1 heterocycles. The van der Waals surface area contributed by atoms with Crippen molar-refractivity contribution in [3.05, 3.63) is 60.2 Å². The molecule has 1 aliphatic heterocycles. The first-order valence-corrected chi connectivity index (χ1v) is 7.89. The van der Waals surface area contributed by atoms with Gasteiger partial charge in [-0.05, 0) is 50.1 Å². The van der Waals surface area contributed by atoms with E-state index in [0.29, 0.717) is 36.4 Å². The summed E-state index contributed by atoms with van der Waals surface area (Å²) >= 11 is 0. The van der Waals surface area contributed by atoms with Crippen molar-refractivity contribution < 1.29 is 19.4 Å². The molecule has 0 aliphatic carbocycles. The molecule has 5 heteroatoms. The minimum absolute atomic E-state index is 0.282. The largest absolute Gasteiger partial charge is 0.480 e. The highest BCUT2D eigenvalue weighted by Gasteiger charge is 2.46. The van der Waals surface area contributed by atoms with Gasteiger partial charge in [-0.2, -0.15) is 0 Å². The van der Waals surface area contributed by atoms with Gasteiger partial charge in [-0.25, -0.2) is 4.79 Å². The fourth-order valence-corrected chi connectivity index (χ4v) is 2.98. The molecule has 2 aromatic carbocycles. The van der Waals surface area contributed by atoms with Crippen LogP contribution in [0.4, 0.5) is 0 Å². The van der Waals surface area contributed by atoms with Crippen molar-refractivity contribution in [1.29, 1.82) is 0 Å². The maximum Gasteiger partial charge on any atom is 0.329 e. The number of benzene rings is 2. The Morgan fingerprint density at radius 3 is 2.50 bits per heavy atom. The van der Waals surface area contributed by atoms with Gasteiger partial charge in [0.1, 0.15) is 17.0 Å². The number of aliphatic carboxylic acids is 1. The van der Waals surface area contributed by atoms with Gasteiger partial charge in [0, 0.05) is 12.1 Å². The monoisotopic (exact) mass is 325 g/mol. The van der Waals surface area contributed by atoms with Crippen molar-refractivity contribution in [3.63, 3.8) is 0 Å². The highest BCUT2D eigenvalue weighted by molar-refractivity contribution is 5.98. The average Bonchev–Trinajstić information content (AvgIpc) is 2.99. The second-order valence-electron chi connectivity index (χ2n) is 6.08. The normalized spacial score (nSPS) is 20.0. The number of ether oxygens (including phenoxy) is 1. The lowest BCUT2D eigenvalue weighted by Crippen LogP contribution is -2.50. The van der Waals surface area contributed by atoms with Crippen LogP contribution in [0, 0.1) is 0 Å². The van der Waals surface area contributed by atoms with Crippen molar-refractivity contribution in [2.24, 2.45) is 0 Å². The van der Waals surface area contributed by atoms with Crippen LogP contribution < -0.4 is 4.74 Å². The van der Waals surface area contributed by atoms with Crippen LogP contribution in [-0.2, 0) is 4.79 Å². The number of amides is 1. The Morgan fingerprint density at radius 2 is 1.79 bits per heavy atom. The number of hydrogen-bond donors (Lipinski definition) is 1. The first kappa shape index (κ1) is 16.1. The van der Waals surface area contributed by atoms with E-state index in [-0.39, 0.29) is 5.91 Å². The molecular weight excluding hydrogens is 306 g/mol. The van der Waals surface area contributed by atoms with Crippen LogP contribution in [0.2, 0.25) is 0 Å². The third-order valence-electron chi connectivity index (χ3n) is 4.41. The number of para-hydroxylation sites is 1. The Hall–Kier alpha value is -2.82. The minimum atomic E-state index is -1.15. The molecule has 2 aromatic rings. The van der Waals surface area contributed by atoms with Gasteiger partial charge < -0.3 is 14.7 Å². The Labute approximate surface area is 140 Å². The summed E-state index contributed by atoms with van der Waals surface area (Å²) in [6.45, 7) is 2.05. The smallest absolute Gasteiger partial charge is 0.329 e. The third kappa shape index (κ3) is 2.97. The summed E-state index contributed by atoms with van der Waals surface area (Å²) in [5.74, 6) is -0.0251. The lowest BCUT2D eigenvalue weighted by atomic mass is 9.98. The molecular formula is C19H19NO4. The Bertz CT molecular complexity index is 759. The average molecular weight is 325 g/mol. The summed E-state index contributed by atoms with van der Waals surface area (Å²) in [6, 6.07) is 16.1. The predicted octanol–water partition coefficient (Wildman–Crippen LogP) is 3.56. The fraction of sp³-hybridized carbons (Fsp3) is 0.263. The van der Waals surface area contributed by atoms with E-state index in [2.05, 4.69) is 0 Å². The predicted molar refractivity (Wildman–Crippen MR) is 89.3 cm³/mol. The number of likely N-dealkylation sites (tertiary alicyclic amines) is 1. The van der Waals surface area contributed by atoms with Crippen LogP contribution in [0.25, 0.3) is 0 Å². The quantitative estimate of drug-likeness (QED) is 0.933. The number of carboxylic acid groups (broad SMARTS) is 1. The van der Waals surface area contributed by atoms with Crippen LogP contribution >= 0.6 is 0 Å². The zero-order valence-corrected chi connectivity index (χ0v) is 13.4. The number of carbonyl (C=O) groups excluding carboxylic acids is 1. The third-order valence-corrected chi connectivity index (χ3v) is 4.41. The number of hydrogen-bond acceptors (Lipinski definition) is 3. The highest BCUT2D eigenvalue weighted by atomic mass is 16.5. The molecule has 124 valence electrons. The van der Waals surface area contributed by atoms with Gasteiger partial charge in [0.2, 0.25) is 0 Å². The molecule has 0 saturated carbocycles. The molecule has 1 fully saturated rings. The van der Waals surface area contributed by atoms with Crippen LogP contribution in [0.5, 0.6) is 11.5 Å². The summed E-state index contributed by atoms with van der Waals surface area (Å²) in [5.41, 5.74) is -0.717. The molecule has 0 aromatic heterocycles. The van der Waals surface area contributed by atoms with Gasteiger partial charge in [-0.3, -0.25) is 4.79 Å². The van der Waals surface area contributed by atoms with E-state index in [4.69, 9.17) is 4.74 Å². The van der Waals surface area contributed by atoms with E-state index in [1.54, 1.807) is 31.2 Å². The molecule has 1 N–H and O–H groups in total. The fourth-order valence-electron chi connectivity index (χ4n) is 2.98. The second kappa shape index (κ2) is 6.35. The maximum absolute atomic E-state index is 12.8.